The minimum Gasteiger partial charge on any atom is -0.348 e. The molecule has 0 spiro atoms. The van der Waals surface area contributed by atoms with E-state index in [1.807, 2.05) is 24.3 Å². The Hall–Kier alpha value is -2.69. The molecule has 0 atom stereocenters. The molecule has 22 heavy (non-hydrogen) atoms. The van der Waals surface area contributed by atoms with Gasteiger partial charge in [-0.15, -0.1) is 0 Å². The van der Waals surface area contributed by atoms with Crippen LogP contribution >= 0.6 is 0 Å². The van der Waals surface area contributed by atoms with Crippen LogP contribution in [0.2, 0.25) is 0 Å². The summed E-state index contributed by atoms with van der Waals surface area (Å²) >= 11 is 0. The Morgan fingerprint density at radius 2 is 1.91 bits per heavy atom. The first-order valence-corrected chi connectivity index (χ1v) is 7.30. The number of rotatable bonds is 5. The molecule has 1 aliphatic rings. The Morgan fingerprint density at radius 3 is 2.55 bits per heavy atom. The van der Waals surface area contributed by atoms with Gasteiger partial charge in [-0.1, -0.05) is 12.1 Å². The number of hydrogen-bond donors (Lipinski definition) is 2. The van der Waals surface area contributed by atoms with Crippen LogP contribution in [0.25, 0.3) is 0 Å². The molecule has 0 aliphatic heterocycles. The SMILES string of the molecule is O=C(NCc1ccc(NC(=O)C2CC2)cc1)c1cccnc1. The predicted molar refractivity (Wildman–Crippen MR) is 83.2 cm³/mol. The van der Waals surface area contributed by atoms with Crippen LogP contribution < -0.4 is 10.6 Å². The zero-order valence-electron chi connectivity index (χ0n) is 12.1. The minimum atomic E-state index is -0.154. The second-order valence-electron chi connectivity index (χ2n) is 5.38. The molecule has 2 aromatic rings. The van der Waals surface area contributed by atoms with E-state index in [0.717, 1.165) is 24.1 Å². The van der Waals surface area contributed by atoms with Gasteiger partial charge in [0.1, 0.15) is 0 Å². The van der Waals surface area contributed by atoms with Gasteiger partial charge in [-0.2, -0.15) is 0 Å². The first-order valence-electron chi connectivity index (χ1n) is 7.30. The largest absolute Gasteiger partial charge is 0.348 e. The summed E-state index contributed by atoms with van der Waals surface area (Å²) in [5.41, 5.74) is 2.30. The molecule has 112 valence electrons. The fourth-order valence-electron chi connectivity index (χ4n) is 2.08. The maximum atomic E-state index is 11.9. The maximum absolute atomic E-state index is 11.9. The second-order valence-corrected chi connectivity index (χ2v) is 5.38. The van der Waals surface area contributed by atoms with E-state index >= 15 is 0 Å². The van der Waals surface area contributed by atoms with Crippen molar-refractivity contribution in [1.82, 2.24) is 10.3 Å². The van der Waals surface area contributed by atoms with Crippen molar-refractivity contribution in [2.24, 2.45) is 5.92 Å². The van der Waals surface area contributed by atoms with Crippen molar-refractivity contribution in [2.45, 2.75) is 19.4 Å². The van der Waals surface area contributed by atoms with E-state index < -0.39 is 0 Å². The summed E-state index contributed by atoms with van der Waals surface area (Å²) in [7, 11) is 0. The first-order chi connectivity index (χ1) is 10.7. The van der Waals surface area contributed by atoms with Crippen LogP contribution in [0, 0.1) is 5.92 Å². The summed E-state index contributed by atoms with van der Waals surface area (Å²) in [6.45, 7) is 0.435. The molecule has 1 aliphatic carbocycles. The van der Waals surface area contributed by atoms with Gasteiger partial charge in [-0.05, 0) is 42.7 Å². The predicted octanol–water partition coefficient (Wildman–Crippen LogP) is 2.36. The number of carbonyl (C=O) groups is 2. The fourth-order valence-corrected chi connectivity index (χ4v) is 2.08. The highest BCUT2D eigenvalue weighted by Crippen LogP contribution is 2.30. The molecule has 5 heteroatoms. The lowest BCUT2D eigenvalue weighted by Gasteiger charge is -2.07. The molecule has 0 bridgehead atoms. The van der Waals surface area contributed by atoms with Crippen molar-refractivity contribution in [3.8, 4) is 0 Å². The third-order valence-corrected chi connectivity index (χ3v) is 3.55. The average molecular weight is 295 g/mol. The van der Waals surface area contributed by atoms with E-state index in [9.17, 15) is 9.59 Å². The van der Waals surface area contributed by atoms with Crippen LogP contribution in [0.3, 0.4) is 0 Å². The standard InChI is InChI=1S/C17H17N3O2/c21-16(14-2-1-9-18-11-14)19-10-12-3-7-15(8-4-12)20-17(22)13-5-6-13/h1-4,7-9,11,13H,5-6,10H2,(H,19,21)(H,20,22). The molecule has 1 aromatic heterocycles. The maximum Gasteiger partial charge on any atom is 0.253 e. The molecular weight excluding hydrogens is 278 g/mol. The van der Waals surface area contributed by atoms with Crippen LogP contribution in [0.1, 0.15) is 28.8 Å². The van der Waals surface area contributed by atoms with Gasteiger partial charge in [-0.3, -0.25) is 14.6 Å². The zero-order chi connectivity index (χ0) is 15.4. The number of hydrogen-bond acceptors (Lipinski definition) is 3. The summed E-state index contributed by atoms with van der Waals surface area (Å²) in [6.07, 6.45) is 5.14. The normalized spacial score (nSPS) is 13.5. The quantitative estimate of drug-likeness (QED) is 0.889. The Labute approximate surface area is 128 Å². The molecule has 2 N–H and O–H groups in total. The summed E-state index contributed by atoms with van der Waals surface area (Å²) in [5, 5.41) is 5.72. The number of amides is 2. The van der Waals surface area contributed by atoms with Crippen molar-refractivity contribution in [1.29, 1.82) is 0 Å². The van der Waals surface area contributed by atoms with Gasteiger partial charge >= 0.3 is 0 Å². The lowest BCUT2D eigenvalue weighted by molar-refractivity contribution is -0.117. The van der Waals surface area contributed by atoms with Crippen LogP contribution in [0.5, 0.6) is 0 Å². The van der Waals surface area contributed by atoms with Gasteiger partial charge in [0, 0.05) is 30.5 Å². The molecule has 0 unspecified atom stereocenters. The van der Waals surface area contributed by atoms with Gasteiger partial charge in [0.25, 0.3) is 5.91 Å². The number of nitrogens with zero attached hydrogens (tertiary/aromatic N) is 1. The third-order valence-electron chi connectivity index (χ3n) is 3.55. The highest BCUT2D eigenvalue weighted by molar-refractivity contribution is 5.94. The van der Waals surface area contributed by atoms with E-state index in [4.69, 9.17) is 0 Å². The van der Waals surface area contributed by atoms with Crippen molar-refractivity contribution in [3.05, 3.63) is 59.9 Å². The van der Waals surface area contributed by atoms with Crippen molar-refractivity contribution >= 4 is 17.5 Å². The fraction of sp³-hybridized carbons (Fsp3) is 0.235. The summed E-state index contributed by atoms with van der Waals surface area (Å²) in [6, 6.07) is 10.9. The van der Waals surface area contributed by atoms with E-state index in [2.05, 4.69) is 15.6 Å². The number of pyridine rings is 1. The van der Waals surface area contributed by atoms with Crippen LogP contribution in [-0.2, 0) is 11.3 Å². The number of anilines is 1. The smallest absolute Gasteiger partial charge is 0.253 e. The molecule has 1 heterocycles. The van der Waals surface area contributed by atoms with E-state index in [1.54, 1.807) is 18.3 Å². The molecule has 3 rings (SSSR count). The molecule has 1 aromatic carbocycles. The third kappa shape index (κ3) is 3.69. The molecule has 2 amide bonds. The van der Waals surface area contributed by atoms with E-state index in [1.165, 1.54) is 6.20 Å². The molecule has 5 nitrogen and oxygen atoms in total. The van der Waals surface area contributed by atoms with Gasteiger partial charge in [0.2, 0.25) is 5.91 Å². The van der Waals surface area contributed by atoms with E-state index in [-0.39, 0.29) is 17.7 Å². The summed E-state index contributed by atoms with van der Waals surface area (Å²) in [5.74, 6) is 0.135. The average Bonchev–Trinajstić information content (AvgIpc) is 3.40. The van der Waals surface area contributed by atoms with Crippen LogP contribution in [-0.4, -0.2) is 16.8 Å². The molecular formula is C17H17N3O2. The topological polar surface area (TPSA) is 71.1 Å². The lowest BCUT2D eigenvalue weighted by atomic mass is 10.2. The Morgan fingerprint density at radius 1 is 1.14 bits per heavy atom. The number of nitrogens with one attached hydrogen (secondary N) is 2. The minimum absolute atomic E-state index is 0.0950. The number of benzene rings is 1. The first kappa shape index (κ1) is 14.3. The van der Waals surface area contributed by atoms with Crippen molar-refractivity contribution in [2.75, 3.05) is 5.32 Å². The highest BCUT2D eigenvalue weighted by atomic mass is 16.2. The molecule has 0 radical (unpaired) electrons. The Balaban J connectivity index is 1.52. The monoisotopic (exact) mass is 295 g/mol. The highest BCUT2D eigenvalue weighted by Gasteiger charge is 2.29. The Bertz CT molecular complexity index is 664. The molecule has 0 saturated heterocycles. The number of carbonyl (C=O) groups excluding carboxylic acids is 2. The van der Waals surface area contributed by atoms with Gasteiger partial charge < -0.3 is 10.6 Å². The zero-order valence-corrected chi connectivity index (χ0v) is 12.1. The van der Waals surface area contributed by atoms with E-state index in [0.29, 0.717) is 12.1 Å². The molecule has 1 fully saturated rings. The van der Waals surface area contributed by atoms with Crippen LogP contribution in [0.15, 0.2) is 48.8 Å². The van der Waals surface area contributed by atoms with Gasteiger partial charge in [0.15, 0.2) is 0 Å². The van der Waals surface area contributed by atoms with Crippen molar-refractivity contribution < 1.29 is 9.59 Å². The van der Waals surface area contributed by atoms with Crippen LogP contribution in [0.4, 0.5) is 5.69 Å². The summed E-state index contributed by atoms with van der Waals surface area (Å²) in [4.78, 5) is 27.5. The number of aromatic nitrogens is 1. The lowest BCUT2D eigenvalue weighted by Crippen LogP contribution is -2.22. The second kappa shape index (κ2) is 6.39. The van der Waals surface area contributed by atoms with Crippen molar-refractivity contribution in [3.63, 3.8) is 0 Å². The Kier molecular flexibility index (Phi) is 4.14. The molecule has 1 saturated carbocycles. The van der Waals surface area contributed by atoms with Gasteiger partial charge in [0.05, 0.1) is 5.56 Å². The summed E-state index contributed by atoms with van der Waals surface area (Å²) < 4.78 is 0. The van der Waals surface area contributed by atoms with Gasteiger partial charge in [-0.25, -0.2) is 0 Å².